The highest BCUT2D eigenvalue weighted by atomic mass is 16.5. The van der Waals surface area contributed by atoms with Gasteiger partial charge in [0.05, 0.1) is 12.6 Å². The van der Waals surface area contributed by atoms with E-state index in [2.05, 4.69) is 20.3 Å². The molecule has 1 aromatic carbocycles. The van der Waals surface area contributed by atoms with Crippen LogP contribution in [0.4, 0.5) is 5.69 Å². The highest BCUT2D eigenvalue weighted by Crippen LogP contribution is 2.21. The number of carbonyl (C=O) groups excluding carboxylic acids is 2. The lowest BCUT2D eigenvalue weighted by molar-refractivity contribution is -0.116. The first-order valence-corrected chi connectivity index (χ1v) is 6.37. The first kappa shape index (κ1) is 14.0. The Bertz CT molecular complexity index is 646. The molecular weight excluding hydrogens is 258 g/mol. The number of benzene rings is 1. The molecule has 0 aliphatic heterocycles. The van der Waals surface area contributed by atoms with Crippen LogP contribution in [0.25, 0.3) is 10.9 Å². The van der Waals surface area contributed by atoms with Crippen molar-refractivity contribution in [3.8, 4) is 0 Å². The van der Waals surface area contributed by atoms with Crippen molar-refractivity contribution in [3.63, 3.8) is 0 Å². The summed E-state index contributed by atoms with van der Waals surface area (Å²) in [5.74, 6) is -0.275. The molecule has 0 radical (unpaired) electrons. The number of methoxy groups -OCH3 is 1. The number of aromatic amines is 1. The van der Waals surface area contributed by atoms with E-state index in [1.54, 1.807) is 18.2 Å². The minimum atomic E-state index is -0.512. The van der Waals surface area contributed by atoms with Crippen molar-refractivity contribution in [2.45, 2.75) is 20.3 Å². The number of anilines is 1. The summed E-state index contributed by atoms with van der Waals surface area (Å²) < 4.78 is 4.67. The monoisotopic (exact) mass is 275 g/mol. The number of H-pyrrole nitrogens is 1. The Morgan fingerprint density at radius 2 is 2.15 bits per heavy atom. The third-order valence-electron chi connectivity index (χ3n) is 2.82. The number of nitrogens with one attached hydrogen (secondary N) is 2. The van der Waals surface area contributed by atoms with Crippen molar-refractivity contribution in [2.75, 3.05) is 12.4 Å². The van der Waals surface area contributed by atoms with Crippen LogP contribution in [0.15, 0.2) is 18.2 Å². The van der Waals surface area contributed by atoms with Gasteiger partial charge in [-0.1, -0.05) is 13.8 Å². The predicted octanol–water partition coefficient (Wildman–Crippen LogP) is 2.33. The van der Waals surface area contributed by atoms with Gasteiger partial charge in [-0.15, -0.1) is 0 Å². The largest absolute Gasteiger partial charge is 0.464 e. The van der Waals surface area contributed by atoms with E-state index in [-0.39, 0.29) is 11.6 Å². The third kappa shape index (κ3) is 2.96. The molecule has 0 fully saturated rings. The lowest BCUT2D eigenvalue weighted by atomic mass is 10.1. The summed E-state index contributed by atoms with van der Waals surface area (Å²) in [6.45, 7) is 3.96. The van der Waals surface area contributed by atoms with Crippen LogP contribution in [-0.4, -0.2) is 29.2 Å². The Kier molecular flexibility index (Phi) is 4.02. The van der Waals surface area contributed by atoms with Gasteiger partial charge < -0.3 is 10.1 Å². The zero-order valence-corrected chi connectivity index (χ0v) is 11.7. The molecule has 0 bridgehead atoms. The zero-order chi connectivity index (χ0) is 14.7. The van der Waals surface area contributed by atoms with Gasteiger partial charge in [0.2, 0.25) is 5.91 Å². The van der Waals surface area contributed by atoms with E-state index >= 15 is 0 Å². The van der Waals surface area contributed by atoms with E-state index in [1.165, 1.54) is 7.11 Å². The summed E-state index contributed by atoms with van der Waals surface area (Å²) in [5, 5.41) is 10.1. The summed E-state index contributed by atoms with van der Waals surface area (Å²) in [6.07, 6.45) is 0.452. The number of aromatic nitrogens is 2. The van der Waals surface area contributed by atoms with Crippen LogP contribution < -0.4 is 5.32 Å². The first-order chi connectivity index (χ1) is 9.51. The average Bonchev–Trinajstić information content (AvgIpc) is 2.79. The van der Waals surface area contributed by atoms with Crippen LogP contribution in [0.1, 0.15) is 30.8 Å². The van der Waals surface area contributed by atoms with Crippen molar-refractivity contribution >= 4 is 28.5 Å². The van der Waals surface area contributed by atoms with Gasteiger partial charge in [-0.3, -0.25) is 9.89 Å². The van der Waals surface area contributed by atoms with Crippen molar-refractivity contribution in [1.82, 2.24) is 10.2 Å². The smallest absolute Gasteiger partial charge is 0.359 e. The molecule has 0 aliphatic rings. The topological polar surface area (TPSA) is 84.1 Å². The molecule has 6 nitrogen and oxygen atoms in total. The zero-order valence-electron chi connectivity index (χ0n) is 11.7. The first-order valence-electron chi connectivity index (χ1n) is 6.37. The van der Waals surface area contributed by atoms with Gasteiger partial charge in [0.15, 0.2) is 5.69 Å². The van der Waals surface area contributed by atoms with E-state index in [0.717, 1.165) is 0 Å². The summed E-state index contributed by atoms with van der Waals surface area (Å²) >= 11 is 0. The number of carbonyl (C=O) groups is 2. The van der Waals surface area contributed by atoms with Gasteiger partial charge in [0.1, 0.15) is 0 Å². The number of fused-ring (bicyclic) bond motifs is 1. The number of amides is 1. The Morgan fingerprint density at radius 3 is 2.80 bits per heavy atom. The molecule has 2 N–H and O–H groups in total. The molecule has 106 valence electrons. The number of hydrogen-bond acceptors (Lipinski definition) is 4. The molecule has 0 spiro atoms. The van der Waals surface area contributed by atoms with E-state index < -0.39 is 5.97 Å². The van der Waals surface area contributed by atoms with Crippen LogP contribution >= 0.6 is 0 Å². The normalized spacial score (nSPS) is 10.8. The van der Waals surface area contributed by atoms with Gasteiger partial charge in [-0.2, -0.15) is 5.10 Å². The van der Waals surface area contributed by atoms with Crippen LogP contribution in [0.5, 0.6) is 0 Å². The molecule has 0 saturated heterocycles. The van der Waals surface area contributed by atoms with Gasteiger partial charge in [-0.25, -0.2) is 4.79 Å². The number of esters is 1. The molecule has 1 amide bonds. The molecule has 2 aromatic rings. The molecule has 0 unspecified atom stereocenters. The van der Waals surface area contributed by atoms with E-state index in [0.29, 0.717) is 28.9 Å². The highest BCUT2D eigenvalue weighted by Gasteiger charge is 2.15. The molecule has 0 saturated carbocycles. The molecule has 0 aliphatic carbocycles. The molecular formula is C14H17N3O3. The molecule has 0 atom stereocenters. The van der Waals surface area contributed by atoms with Crippen LogP contribution in [0, 0.1) is 5.92 Å². The van der Waals surface area contributed by atoms with Crippen molar-refractivity contribution < 1.29 is 14.3 Å². The lowest BCUT2D eigenvalue weighted by Gasteiger charge is -2.07. The van der Waals surface area contributed by atoms with Gasteiger partial charge >= 0.3 is 5.97 Å². The maximum absolute atomic E-state index is 11.7. The van der Waals surface area contributed by atoms with E-state index in [9.17, 15) is 9.59 Å². The van der Waals surface area contributed by atoms with E-state index in [4.69, 9.17) is 0 Å². The molecule has 2 rings (SSSR count). The summed E-state index contributed by atoms with van der Waals surface area (Å²) in [7, 11) is 1.30. The maximum atomic E-state index is 11.7. The second kappa shape index (κ2) is 5.73. The number of nitrogens with zero attached hydrogens (tertiary/aromatic N) is 1. The van der Waals surface area contributed by atoms with Gasteiger partial charge in [-0.05, 0) is 24.1 Å². The standard InChI is InChI=1S/C14H17N3O3/c1-8(2)6-12(18)15-9-4-5-11-10(7-9)13(17-16-11)14(19)20-3/h4-5,7-8H,6H2,1-3H3,(H,15,18)(H,16,17). The van der Waals surface area contributed by atoms with Crippen molar-refractivity contribution in [3.05, 3.63) is 23.9 Å². The number of ether oxygens (including phenoxy) is 1. The van der Waals surface area contributed by atoms with Crippen LogP contribution in [0.3, 0.4) is 0 Å². The van der Waals surface area contributed by atoms with Gasteiger partial charge in [0.25, 0.3) is 0 Å². The fourth-order valence-electron chi connectivity index (χ4n) is 1.93. The second-order valence-corrected chi connectivity index (χ2v) is 4.97. The summed E-state index contributed by atoms with van der Waals surface area (Å²) in [6, 6.07) is 5.24. The van der Waals surface area contributed by atoms with Crippen LogP contribution in [0.2, 0.25) is 0 Å². The fourth-order valence-corrected chi connectivity index (χ4v) is 1.93. The Hall–Kier alpha value is -2.37. The minimum Gasteiger partial charge on any atom is -0.464 e. The molecule has 20 heavy (non-hydrogen) atoms. The summed E-state index contributed by atoms with van der Waals surface area (Å²) in [5.41, 5.74) is 1.56. The highest BCUT2D eigenvalue weighted by molar-refractivity contribution is 6.03. The van der Waals surface area contributed by atoms with Gasteiger partial charge in [0, 0.05) is 17.5 Å². The molecule has 1 heterocycles. The van der Waals surface area contributed by atoms with Crippen molar-refractivity contribution in [2.24, 2.45) is 5.92 Å². The minimum absolute atomic E-state index is 0.0533. The molecule has 1 aromatic heterocycles. The quantitative estimate of drug-likeness (QED) is 0.839. The number of hydrogen-bond donors (Lipinski definition) is 2. The fraction of sp³-hybridized carbons (Fsp3) is 0.357. The SMILES string of the molecule is COC(=O)c1n[nH]c2ccc(NC(=O)CC(C)C)cc12. The third-order valence-corrected chi connectivity index (χ3v) is 2.82. The maximum Gasteiger partial charge on any atom is 0.359 e. The lowest BCUT2D eigenvalue weighted by Crippen LogP contribution is -2.13. The number of rotatable bonds is 4. The van der Waals surface area contributed by atoms with Crippen molar-refractivity contribution in [1.29, 1.82) is 0 Å². The van der Waals surface area contributed by atoms with E-state index in [1.807, 2.05) is 13.8 Å². The van der Waals surface area contributed by atoms with Crippen LogP contribution in [-0.2, 0) is 9.53 Å². The Labute approximate surface area is 116 Å². The Morgan fingerprint density at radius 1 is 1.40 bits per heavy atom. The predicted molar refractivity (Wildman–Crippen MR) is 75.5 cm³/mol. The average molecular weight is 275 g/mol. The Balaban J connectivity index is 2.28. The summed E-state index contributed by atoms with van der Waals surface area (Å²) in [4.78, 5) is 23.3. The molecule has 6 heteroatoms. The second-order valence-electron chi connectivity index (χ2n) is 4.97.